The van der Waals surface area contributed by atoms with Gasteiger partial charge in [-0.25, -0.2) is 9.69 Å². The highest BCUT2D eigenvalue weighted by atomic mass is 16.7. The number of hydrogen-bond donors (Lipinski definition) is 1. The maximum absolute atomic E-state index is 13.2. The van der Waals surface area contributed by atoms with Crippen LogP contribution in [0, 0.1) is 20.8 Å². The van der Waals surface area contributed by atoms with E-state index in [0.29, 0.717) is 22.7 Å². The summed E-state index contributed by atoms with van der Waals surface area (Å²) in [5.74, 6) is -0.0374. The molecule has 4 amide bonds. The molecule has 0 spiro atoms. The van der Waals surface area contributed by atoms with Gasteiger partial charge in [0.2, 0.25) is 6.79 Å². The number of urea groups is 1. The first kappa shape index (κ1) is 20.6. The van der Waals surface area contributed by atoms with E-state index >= 15 is 0 Å². The third kappa shape index (κ3) is 3.45. The van der Waals surface area contributed by atoms with Crippen LogP contribution in [0.4, 0.5) is 10.5 Å². The van der Waals surface area contributed by atoms with Gasteiger partial charge in [-0.2, -0.15) is 0 Å². The smallest absolute Gasteiger partial charge is 0.335 e. The van der Waals surface area contributed by atoms with Crippen molar-refractivity contribution in [3.63, 3.8) is 0 Å². The summed E-state index contributed by atoms with van der Waals surface area (Å²) in [6.07, 6.45) is 1.52. The van der Waals surface area contributed by atoms with Gasteiger partial charge in [0, 0.05) is 23.1 Å². The molecule has 3 heterocycles. The number of nitrogens with one attached hydrogen (secondary N) is 1. The van der Waals surface area contributed by atoms with Crippen molar-refractivity contribution in [1.29, 1.82) is 0 Å². The van der Waals surface area contributed by atoms with Crippen LogP contribution in [-0.2, 0) is 9.59 Å². The van der Waals surface area contributed by atoms with Crippen molar-refractivity contribution in [1.82, 2.24) is 9.88 Å². The molecule has 1 N–H and O–H groups in total. The summed E-state index contributed by atoms with van der Waals surface area (Å²) >= 11 is 0. The first-order valence-corrected chi connectivity index (χ1v) is 10.4. The number of nitrogens with zero attached hydrogens (tertiary/aromatic N) is 2. The minimum Gasteiger partial charge on any atom is -0.454 e. The standard InChI is InChI=1S/C25H21N3O5/c1-14-4-6-18(7-5-14)28-24(30)20(23(29)26-25(28)31)11-17-10-15(2)27(16(17)3)19-8-9-21-22(12-19)33-13-32-21/h4-12H,13H2,1-3H3,(H,26,29,31). The van der Waals surface area contributed by atoms with Crippen molar-refractivity contribution in [3.05, 3.63) is 76.6 Å². The fourth-order valence-corrected chi connectivity index (χ4v) is 4.10. The maximum atomic E-state index is 13.2. The Morgan fingerprint density at radius 3 is 2.33 bits per heavy atom. The summed E-state index contributed by atoms with van der Waals surface area (Å²) in [6.45, 7) is 5.93. The van der Waals surface area contributed by atoms with E-state index in [1.54, 1.807) is 24.3 Å². The summed E-state index contributed by atoms with van der Waals surface area (Å²) in [5.41, 5.74) is 4.59. The number of barbiturate groups is 1. The number of imide groups is 2. The normalized spacial score (nSPS) is 16.5. The Morgan fingerprint density at radius 1 is 0.879 bits per heavy atom. The third-order valence-electron chi connectivity index (χ3n) is 5.78. The Hall–Kier alpha value is -4.33. The molecule has 1 fully saturated rings. The molecule has 1 aromatic heterocycles. The first-order chi connectivity index (χ1) is 15.8. The number of hydrogen-bond acceptors (Lipinski definition) is 5. The zero-order valence-corrected chi connectivity index (χ0v) is 18.3. The molecule has 8 nitrogen and oxygen atoms in total. The number of benzene rings is 2. The first-order valence-electron chi connectivity index (χ1n) is 10.4. The molecule has 33 heavy (non-hydrogen) atoms. The lowest BCUT2D eigenvalue weighted by Crippen LogP contribution is -2.54. The molecule has 0 radical (unpaired) electrons. The van der Waals surface area contributed by atoms with Crippen LogP contribution in [0.15, 0.2) is 54.1 Å². The molecule has 0 bridgehead atoms. The van der Waals surface area contributed by atoms with Crippen molar-refractivity contribution in [3.8, 4) is 17.2 Å². The Bertz CT molecular complexity index is 1350. The van der Waals surface area contributed by atoms with Crippen molar-refractivity contribution >= 4 is 29.6 Å². The van der Waals surface area contributed by atoms with Gasteiger partial charge in [-0.1, -0.05) is 17.7 Å². The van der Waals surface area contributed by atoms with Crippen LogP contribution in [0.2, 0.25) is 0 Å². The van der Waals surface area contributed by atoms with E-state index in [-0.39, 0.29) is 12.4 Å². The van der Waals surface area contributed by atoms with E-state index in [4.69, 9.17) is 9.47 Å². The number of amides is 4. The monoisotopic (exact) mass is 443 g/mol. The lowest BCUT2D eigenvalue weighted by atomic mass is 10.1. The Kier molecular flexibility index (Phi) is 4.78. The minimum absolute atomic E-state index is 0.110. The molecule has 0 aliphatic carbocycles. The number of carbonyl (C=O) groups is 3. The quantitative estimate of drug-likeness (QED) is 0.491. The summed E-state index contributed by atoms with van der Waals surface area (Å²) in [4.78, 5) is 39.1. The van der Waals surface area contributed by atoms with Crippen LogP contribution in [0.5, 0.6) is 11.5 Å². The molecule has 0 atom stereocenters. The molecule has 2 aromatic carbocycles. The molecule has 2 aliphatic heterocycles. The second kappa shape index (κ2) is 7.67. The van der Waals surface area contributed by atoms with Crippen LogP contribution >= 0.6 is 0 Å². The lowest BCUT2D eigenvalue weighted by molar-refractivity contribution is -0.122. The molecule has 0 saturated carbocycles. The molecule has 5 rings (SSSR count). The second-order valence-electron chi connectivity index (χ2n) is 7.99. The Labute approximate surface area is 190 Å². The number of ether oxygens (including phenoxy) is 2. The van der Waals surface area contributed by atoms with Crippen molar-refractivity contribution in [2.24, 2.45) is 0 Å². The predicted molar refractivity (Wildman–Crippen MR) is 122 cm³/mol. The van der Waals surface area contributed by atoms with E-state index in [9.17, 15) is 14.4 Å². The lowest BCUT2D eigenvalue weighted by Gasteiger charge is -2.26. The summed E-state index contributed by atoms with van der Waals surface area (Å²) < 4.78 is 12.9. The predicted octanol–water partition coefficient (Wildman–Crippen LogP) is 3.80. The minimum atomic E-state index is -0.767. The fourth-order valence-electron chi connectivity index (χ4n) is 4.10. The average Bonchev–Trinajstić information content (AvgIpc) is 3.35. The number of carbonyl (C=O) groups excluding carboxylic acids is 3. The Balaban J connectivity index is 1.54. The van der Waals surface area contributed by atoms with Crippen LogP contribution in [0.3, 0.4) is 0 Å². The van der Waals surface area contributed by atoms with Gasteiger partial charge in [-0.15, -0.1) is 0 Å². The van der Waals surface area contributed by atoms with Crippen molar-refractivity contribution in [2.45, 2.75) is 20.8 Å². The molecule has 3 aromatic rings. The molecule has 8 heteroatoms. The number of anilines is 1. The number of aromatic nitrogens is 1. The van der Waals surface area contributed by atoms with Crippen LogP contribution in [0.1, 0.15) is 22.5 Å². The van der Waals surface area contributed by atoms with Gasteiger partial charge in [0.25, 0.3) is 11.8 Å². The fraction of sp³-hybridized carbons (Fsp3) is 0.160. The summed E-state index contributed by atoms with van der Waals surface area (Å²) in [5, 5.41) is 2.27. The highest BCUT2D eigenvalue weighted by molar-refractivity contribution is 6.39. The van der Waals surface area contributed by atoms with Gasteiger partial charge >= 0.3 is 6.03 Å². The molecule has 0 unspecified atom stereocenters. The molecule has 2 aliphatic rings. The number of aryl methyl sites for hydroxylation is 2. The topological polar surface area (TPSA) is 89.9 Å². The van der Waals surface area contributed by atoms with Crippen LogP contribution in [0.25, 0.3) is 11.8 Å². The summed E-state index contributed by atoms with van der Waals surface area (Å²) in [6, 6.07) is 13.7. The van der Waals surface area contributed by atoms with Gasteiger partial charge in [-0.05, 0) is 62.7 Å². The SMILES string of the molecule is Cc1ccc(N2C(=O)NC(=O)C(=Cc3cc(C)n(-c4ccc5c(c4)OCO5)c3C)C2=O)cc1. The molecule has 1 saturated heterocycles. The van der Waals surface area contributed by atoms with Gasteiger partial charge < -0.3 is 14.0 Å². The molecular weight excluding hydrogens is 422 g/mol. The van der Waals surface area contributed by atoms with Crippen LogP contribution in [-0.4, -0.2) is 29.2 Å². The van der Waals surface area contributed by atoms with E-state index < -0.39 is 17.8 Å². The van der Waals surface area contributed by atoms with E-state index in [2.05, 4.69) is 5.32 Å². The van der Waals surface area contributed by atoms with Crippen molar-refractivity contribution in [2.75, 3.05) is 11.7 Å². The highest BCUT2D eigenvalue weighted by Gasteiger charge is 2.37. The zero-order chi connectivity index (χ0) is 23.3. The molecular formula is C25H21N3O5. The molecule has 166 valence electrons. The summed E-state index contributed by atoms with van der Waals surface area (Å²) in [7, 11) is 0. The van der Waals surface area contributed by atoms with Gasteiger partial charge in [0.15, 0.2) is 11.5 Å². The second-order valence-corrected chi connectivity index (χ2v) is 7.99. The van der Waals surface area contributed by atoms with E-state index in [1.165, 1.54) is 6.08 Å². The zero-order valence-electron chi connectivity index (χ0n) is 18.3. The third-order valence-corrected chi connectivity index (χ3v) is 5.78. The van der Waals surface area contributed by atoms with Gasteiger partial charge in [0.05, 0.1) is 5.69 Å². The Morgan fingerprint density at radius 2 is 1.58 bits per heavy atom. The van der Waals surface area contributed by atoms with Gasteiger partial charge in [0.1, 0.15) is 5.57 Å². The maximum Gasteiger partial charge on any atom is 0.335 e. The van der Waals surface area contributed by atoms with Crippen molar-refractivity contribution < 1.29 is 23.9 Å². The van der Waals surface area contributed by atoms with Crippen LogP contribution < -0.4 is 19.7 Å². The number of fused-ring (bicyclic) bond motifs is 1. The highest BCUT2D eigenvalue weighted by Crippen LogP contribution is 2.35. The average molecular weight is 443 g/mol. The number of rotatable bonds is 3. The van der Waals surface area contributed by atoms with E-state index in [1.807, 2.05) is 49.6 Å². The van der Waals surface area contributed by atoms with E-state index in [0.717, 1.165) is 27.5 Å². The van der Waals surface area contributed by atoms with Gasteiger partial charge in [-0.3, -0.25) is 14.9 Å². The largest absolute Gasteiger partial charge is 0.454 e.